The van der Waals surface area contributed by atoms with Gasteiger partial charge >= 0.3 is 17.6 Å². The minimum atomic E-state index is -5.24. The fourth-order valence-electron chi connectivity index (χ4n) is 2.87. The maximum atomic E-state index is 13.3. The summed E-state index contributed by atoms with van der Waals surface area (Å²) >= 11 is 11.5. The zero-order valence-corrected chi connectivity index (χ0v) is 17.1. The number of hydrogen-bond acceptors (Lipinski definition) is 7. The van der Waals surface area contributed by atoms with E-state index >= 15 is 0 Å². The maximum Gasteiger partial charge on any atom is 0.418 e. The van der Waals surface area contributed by atoms with E-state index in [1.807, 2.05) is 0 Å². The summed E-state index contributed by atoms with van der Waals surface area (Å²) < 4.78 is 39.9. The van der Waals surface area contributed by atoms with Gasteiger partial charge in [0.2, 0.25) is 11.6 Å². The molecule has 0 fully saturated rings. The number of carbonyl (C=O) groups is 1. The highest BCUT2D eigenvalue weighted by Gasteiger charge is 2.44. The van der Waals surface area contributed by atoms with Gasteiger partial charge in [-0.3, -0.25) is 34.9 Å². The molecular formula is C17H8Cl2F3N5O5. The van der Waals surface area contributed by atoms with E-state index in [1.165, 1.54) is 18.2 Å². The summed E-state index contributed by atoms with van der Waals surface area (Å²) in [5.74, 6) is -1.45. The van der Waals surface area contributed by atoms with Crippen molar-refractivity contribution in [2.24, 2.45) is 0 Å². The number of fused-ring (bicyclic) bond motifs is 1. The highest BCUT2D eigenvalue weighted by molar-refractivity contribution is 6.34. The lowest BCUT2D eigenvalue weighted by molar-refractivity contribution is -0.392. The number of alkyl halides is 3. The summed E-state index contributed by atoms with van der Waals surface area (Å²) in [7, 11) is 0. The van der Waals surface area contributed by atoms with Gasteiger partial charge in [-0.2, -0.15) is 13.2 Å². The molecular weight excluding hydrogens is 482 g/mol. The molecule has 0 N–H and O–H groups in total. The third kappa shape index (κ3) is 4.11. The quantitative estimate of drug-likeness (QED) is 0.351. The molecule has 0 bridgehead atoms. The molecule has 1 heterocycles. The van der Waals surface area contributed by atoms with Crippen LogP contribution in [-0.4, -0.2) is 25.7 Å². The van der Waals surface area contributed by atoms with Crippen molar-refractivity contribution in [3.05, 3.63) is 66.3 Å². The first-order valence-electron chi connectivity index (χ1n) is 8.28. The summed E-state index contributed by atoms with van der Waals surface area (Å²) in [5.41, 5.74) is -5.33. The molecule has 166 valence electrons. The molecule has 0 unspecified atom stereocenters. The zero-order chi connectivity index (χ0) is 24.0. The predicted octanol–water partition coefficient (Wildman–Crippen LogP) is 5.46. The van der Waals surface area contributed by atoms with Gasteiger partial charge in [0.05, 0.1) is 32.6 Å². The average Bonchev–Trinajstić information content (AvgIpc) is 2.66. The smallest absolute Gasteiger partial charge is 0.274 e. The Balaban J connectivity index is 2.41. The van der Waals surface area contributed by atoms with Crippen LogP contribution in [0.3, 0.4) is 0 Å². The predicted molar refractivity (Wildman–Crippen MR) is 107 cm³/mol. The van der Waals surface area contributed by atoms with Crippen molar-refractivity contribution in [1.29, 1.82) is 0 Å². The minimum absolute atomic E-state index is 0.0227. The molecule has 1 amide bonds. The molecule has 2 aromatic carbocycles. The monoisotopic (exact) mass is 489 g/mol. The Bertz CT molecular complexity index is 1300. The third-order valence-corrected chi connectivity index (χ3v) is 4.75. The molecule has 0 radical (unpaired) electrons. The fourth-order valence-corrected chi connectivity index (χ4v) is 3.36. The summed E-state index contributed by atoms with van der Waals surface area (Å²) in [6.07, 6.45) is -4.28. The van der Waals surface area contributed by atoms with E-state index in [0.717, 1.165) is 13.1 Å². The Morgan fingerprint density at radius 2 is 1.75 bits per heavy atom. The van der Waals surface area contributed by atoms with Crippen LogP contribution in [-0.2, 0) is 11.0 Å². The Labute approximate surface area is 185 Å². The van der Waals surface area contributed by atoms with Crippen molar-refractivity contribution in [3.63, 3.8) is 0 Å². The first kappa shape index (κ1) is 23.1. The third-order valence-electron chi connectivity index (χ3n) is 4.14. The van der Waals surface area contributed by atoms with Crippen molar-refractivity contribution >= 4 is 63.0 Å². The number of benzene rings is 2. The molecule has 15 heteroatoms. The molecule has 0 atom stereocenters. The zero-order valence-electron chi connectivity index (χ0n) is 15.6. The second-order valence-electron chi connectivity index (χ2n) is 6.18. The number of amides is 1. The number of aromatic nitrogens is 2. The number of nitro groups is 2. The molecule has 1 aromatic heterocycles. The van der Waals surface area contributed by atoms with Crippen LogP contribution in [0.25, 0.3) is 11.0 Å². The van der Waals surface area contributed by atoms with Crippen molar-refractivity contribution in [2.45, 2.75) is 13.1 Å². The van der Waals surface area contributed by atoms with Crippen LogP contribution in [0.1, 0.15) is 12.5 Å². The largest absolute Gasteiger partial charge is 0.418 e. The number of anilines is 2. The van der Waals surface area contributed by atoms with E-state index in [1.54, 1.807) is 0 Å². The van der Waals surface area contributed by atoms with Gasteiger partial charge in [0.15, 0.2) is 5.82 Å². The van der Waals surface area contributed by atoms with Gasteiger partial charge in [0.25, 0.3) is 0 Å². The first-order valence-corrected chi connectivity index (χ1v) is 9.04. The van der Waals surface area contributed by atoms with Crippen LogP contribution in [0.2, 0.25) is 10.0 Å². The summed E-state index contributed by atoms with van der Waals surface area (Å²) in [6, 6.07) is 4.27. The van der Waals surface area contributed by atoms with Crippen molar-refractivity contribution in [1.82, 2.24) is 9.97 Å². The number of hydrogen-bond donors (Lipinski definition) is 0. The lowest BCUT2D eigenvalue weighted by Crippen LogP contribution is -2.26. The van der Waals surface area contributed by atoms with E-state index in [4.69, 9.17) is 23.2 Å². The van der Waals surface area contributed by atoms with Gasteiger partial charge in [-0.05, 0) is 18.2 Å². The van der Waals surface area contributed by atoms with Gasteiger partial charge in [0, 0.05) is 18.0 Å². The highest BCUT2D eigenvalue weighted by atomic mass is 35.5. The second kappa shape index (κ2) is 8.16. The molecule has 0 aliphatic carbocycles. The minimum Gasteiger partial charge on any atom is -0.274 e. The Morgan fingerprint density at radius 3 is 2.28 bits per heavy atom. The van der Waals surface area contributed by atoms with Crippen LogP contribution in [0.4, 0.5) is 36.1 Å². The van der Waals surface area contributed by atoms with Gasteiger partial charge < -0.3 is 0 Å². The van der Waals surface area contributed by atoms with Gasteiger partial charge in [0.1, 0.15) is 5.02 Å². The van der Waals surface area contributed by atoms with Crippen molar-refractivity contribution < 1.29 is 27.8 Å². The van der Waals surface area contributed by atoms with Gasteiger partial charge in [-0.1, -0.05) is 23.2 Å². The van der Waals surface area contributed by atoms with Crippen LogP contribution in [0.15, 0.2) is 30.5 Å². The molecule has 0 aliphatic heterocycles. The Hall–Kier alpha value is -3.58. The number of carbonyl (C=O) groups excluding carboxylic acids is 1. The van der Waals surface area contributed by atoms with Gasteiger partial charge in [-0.25, -0.2) is 4.98 Å². The standard InChI is InChI=1S/C17H8Cl2F3N5O5/c1-7(28)25(13-6-23-11-4-8(18)2-3-10(11)24-13)15-12(26(29)30)5-9(17(20,21)22)14(19)16(15)27(31)32/h2-6H,1H3. The number of nitro benzene ring substituents is 2. The Kier molecular flexibility index (Phi) is 5.89. The summed E-state index contributed by atoms with van der Waals surface area (Å²) in [5, 5.41) is 22.1. The van der Waals surface area contributed by atoms with E-state index in [-0.39, 0.29) is 17.1 Å². The van der Waals surface area contributed by atoms with E-state index < -0.39 is 55.4 Å². The summed E-state index contributed by atoms with van der Waals surface area (Å²) in [6.45, 7) is 0.882. The highest BCUT2D eigenvalue weighted by Crippen LogP contribution is 2.50. The molecule has 10 nitrogen and oxygen atoms in total. The first-order chi connectivity index (χ1) is 14.8. The number of halogens is 5. The van der Waals surface area contributed by atoms with E-state index in [0.29, 0.717) is 9.92 Å². The molecule has 0 saturated carbocycles. The average molecular weight is 490 g/mol. The molecule has 0 aliphatic rings. The number of rotatable bonds is 4. The second-order valence-corrected chi connectivity index (χ2v) is 7.00. The van der Waals surface area contributed by atoms with Crippen LogP contribution >= 0.6 is 23.2 Å². The molecule has 0 saturated heterocycles. The van der Waals surface area contributed by atoms with Gasteiger partial charge in [-0.15, -0.1) is 0 Å². The van der Waals surface area contributed by atoms with E-state index in [9.17, 15) is 38.2 Å². The van der Waals surface area contributed by atoms with E-state index in [2.05, 4.69) is 9.97 Å². The SMILES string of the molecule is CC(=O)N(c1cnc2cc(Cl)ccc2n1)c1c([N+](=O)[O-])cc(C(F)(F)F)c(Cl)c1[N+](=O)[O-]. The van der Waals surface area contributed by atoms with Crippen LogP contribution in [0, 0.1) is 20.2 Å². The molecule has 3 rings (SSSR count). The molecule has 3 aromatic rings. The van der Waals surface area contributed by atoms with Crippen LogP contribution < -0.4 is 4.90 Å². The lowest BCUT2D eigenvalue weighted by Gasteiger charge is -2.21. The Morgan fingerprint density at radius 1 is 1.09 bits per heavy atom. The molecule has 32 heavy (non-hydrogen) atoms. The number of nitrogens with zero attached hydrogens (tertiary/aromatic N) is 5. The summed E-state index contributed by atoms with van der Waals surface area (Å²) in [4.78, 5) is 41.5. The normalized spacial score (nSPS) is 11.4. The van der Waals surface area contributed by atoms with Crippen molar-refractivity contribution in [2.75, 3.05) is 4.90 Å². The lowest BCUT2D eigenvalue weighted by atomic mass is 10.1. The van der Waals surface area contributed by atoms with Crippen molar-refractivity contribution in [3.8, 4) is 0 Å². The van der Waals surface area contributed by atoms with Crippen LogP contribution in [0.5, 0.6) is 0 Å². The fraction of sp³-hybridized carbons (Fsp3) is 0.118. The topological polar surface area (TPSA) is 132 Å². The molecule has 0 spiro atoms. The maximum absolute atomic E-state index is 13.3.